The molecule has 2 aromatic rings. The molecule has 0 aliphatic carbocycles. The first-order valence-electron chi connectivity index (χ1n) is 6.42. The van der Waals surface area contributed by atoms with Crippen molar-refractivity contribution in [3.63, 3.8) is 0 Å². The van der Waals surface area contributed by atoms with Crippen LogP contribution in [0.5, 0.6) is 5.75 Å². The van der Waals surface area contributed by atoms with Crippen LogP contribution in [0, 0.1) is 0 Å². The molecule has 1 atom stereocenters. The average molecular weight is 277 g/mol. The second kappa shape index (κ2) is 6.56. The van der Waals surface area contributed by atoms with Crippen LogP contribution in [0.1, 0.15) is 23.2 Å². The van der Waals surface area contributed by atoms with Gasteiger partial charge in [0.15, 0.2) is 0 Å². The Labute approximate surface area is 117 Å². The minimum absolute atomic E-state index is 0.115. The van der Waals surface area contributed by atoms with Crippen LogP contribution >= 0.6 is 0 Å². The second-order valence-corrected chi connectivity index (χ2v) is 4.83. The second-order valence-electron chi connectivity index (χ2n) is 4.83. The van der Waals surface area contributed by atoms with Crippen molar-refractivity contribution >= 4 is 0 Å². The van der Waals surface area contributed by atoms with E-state index in [4.69, 9.17) is 9.52 Å². The van der Waals surface area contributed by atoms with Gasteiger partial charge in [0, 0.05) is 6.54 Å². The van der Waals surface area contributed by atoms with Gasteiger partial charge in [0.05, 0.1) is 12.6 Å². The van der Waals surface area contributed by atoms with E-state index in [1.165, 1.54) is 0 Å². The first-order chi connectivity index (χ1) is 9.58. The van der Waals surface area contributed by atoms with E-state index in [1.54, 1.807) is 30.3 Å². The highest BCUT2D eigenvalue weighted by atomic mass is 16.4. The summed E-state index contributed by atoms with van der Waals surface area (Å²) in [5.41, 5.74) is 0.673. The predicted molar refractivity (Wildman–Crippen MR) is 74.0 cm³/mol. The fourth-order valence-electron chi connectivity index (χ4n) is 2.06. The molecular weight excluding hydrogens is 258 g/mol. The largest absolute Gasteiger partial charge is 0.508 e. The molecule has 1 heterocycles. The molecule has 20 heavy (non-hydrogen) atoms. The standard InChI is InChI=1S/C15H19NO4/c1-16(8-13-5-6-14(10-17)20-13)9-15(19)11-3-2-4-12(18)7-11/h2-7,15,17-19H,8-10H2,1H3. The molecule has 1 aromatic carbocycles. The summed E-state index contributed by atoms with van der Waals surface area (Å²) in [6.07, 6.45) is -0.681. The molecule has 0 spiro atoms. The van der Waals surface area contributed by atoms with Gasteiger partial charge in [-0.1, -0.05) is 12.1 Å². The number of aliphatic hydroxyl groups is 2. The van der Waals surface area contributed by atoms with Crippen LogP contribution in [-0.2, 0) is 13.2 Å². The molecule has 1 aromatic heterocycles. The van der Waals surface area contributed by atoms with Gasteiger partial charge in [-0.15, -0.1) is 0 Å². The zero-order valence-corrected chi connectivity index (χ0v) is 11.4. The van der Waals surface area contributed by atoms with E-state index in [1.807, 2.05) is 18.0 Å². The zero-order chi connectivity index (χ0) is 14.5. The van der Waals surface area contributed by atoms with E-state index in [9.17, 15) is 10.2 Å². The fraction of sp³-hybridized carbons (Fsp3) is 0.333. The van der Waals surface area contributed by atoms with Gasteiger partial charge < -0.3 is 19.7 Å². The molecule has 1 unspecified atom stereocenters. The van der Waals surface area contributed by atoms with E-state index in [0.717, 1.165) is 5.76 Å². The molecule has 108 valence electrons. The number of nitrogens with zero attached hydrogens (tertiary/aromatic N) is 1. The Kier molecular flexibility index (Phi) is 4.79. The van der Waals surface area contributed by atoms with Crippen LogP contribution in [0.25, 0.3) is 0 Å². The number of phenols is 1. The molecule has 2 rings (SSSR count). The highest BCUT2D eigenvalue weighted by Gasteiger charge is 2.13. The third kappa shape index (κ3) is 3.84. The number of hydrogen-bond acceptors (Lipinski definition) is 5. The van der Waals surface area contributed by atoms with E-state index in [2.05, 4.69) is 0 Å². The summed E-state index contributed by atoms with van der Waals surface area (Å²) in [7, 11) is 1.87. The van der Waals surface area contributed by atoms with Crippen LogP contribution in [0.2, 0.25) is 0 Å². The number of aliphatic hydroxyl groups excluding tert-OH is 2. The van der Waals surface area contributed by atoms with Crippen molar-refractivity contribution < 1.29 is 19.7 Å². The third-order valence-corrected chi connectivity index (χ3v) is 3.04. The van der Waals surface area contributed by atoms with E-state index < -0.39 is 6.10 Å². The van der Waals surface area contributed by atoms with Gasteiger partial charge in [-0.3, -0.25) is 4.90 Å². The van der Waals surface area contributed by atoms with E-state index in [0.29, 0.717) is 24.4 Å². The number of benzene rings is 1. The number of likely N-dealkylation sites (N-methyl/N-ethyl adjacent to an activating group) is 1. The van der Waals surface area contributed by atoms with Crippen molar-refractivity contribution in [1.29, 1.82) is 0 Å². The molecule has 5 heteroatoms. The Morgan fingerprint density at radius 1 is 1.20 bits per heavy atom. The van der Waals surface area contributed by atoms with Gasteiger partial charge in [-0.05, 0) is 36.9 Å². The van der Waals surface area contributed by atoms with Crippen LogP contribution < -0.4 is 0 Å². The Morgan fingerprint density at radius 2 is 1.95 bits per heavy atom. The van der Waals surface area contributed by atoms with Crippen molar-refractivity contribution in [2.45, 2.75) is 19.3 Å². The lowest BCUT2D eigenvalue weighted by molar-refractivity contribution is 0.119. The zero-order valence-electron chi connectivity index (χ0n) is 11.4. The van der Waals surface area contributed by atoms with Gasteiger partial charge >= 0.3 is 0 Å². The quantitative estimate of drug-likeness (QED) is 0.748. The molecule has 0 saturated carbocycles. The number of hydrogen-bond donors (Lipinski definition) is 3. The summed E-state index contributed by atoms with van der Waals surface area (Å²) in [4.78, 5) is 1.91. The number of phenolic OH excluding ortho intramolecular Hbond substituents is 1. The molecule has 0 bridgehead atoms. The summed E-state index contributed by atoms with van der Waals surface area (Å²) < 4.78 is 5.40. The topological polar surface area (TPSA) is 77.1 Å². The number of rotatable bonds is 6. The predicted octanol–water partition coefficient (Wildman–Crippen LogP) is 1.64. The maximum absolute atomic E-state index is 10.1. The van der Waals surface area contributed by atoms with Crippen molar-refractivity contribution in [3.05, 3.63) is 53.5 Å². The Hall–Kier alpha value is -1.82. The number of aromatic hydroxyl groups is 1. The fourth-order valence-corrected chi connectivity index (χ4v) is 2.06. The normalized spacial score (nSPS) is 12.8. The monoisotopic (exact) mass is 277 g/mol. The Bertz CT molecular complexity index is 552. The molecule has 5 nitrogen and oxygen atoms in total. The van der Waals surface area contributed by atoms with E-state index in [-0.39, 0.29) is 12.4 Å². The molecule has 0 aliphatic heterocycles. The van der Waals surface area contributed by atoms with Crippen LogP contribution in [0.4, 0.5) is 0 Å². The van der Waals surface area contributed by atoms with Crippen molar-refractivity contribution in [2.75, 3.05) is 13.6 Å². The Morgan fingerprint density at radius 3 is 2.60 bits per heavy atom. The first-order valence-corrected chi connectivity index (χ1v) is 6.42. The van der Waals surface area contributed by atoms with Gasteiger partial charge in [0.25, 0.3) is 0 Å². The SMILES string of the molecule is CN(Cc1ccc(CO)o1)CC(O)c1cccc(O)c1. The number of furan rings is 1. The van der Waals surface area contributed by atoms with E-state index >= 15 is 0 Å². The van der Waals surface area contributed by atoms with Crippen LogP contribution in [0.3, 0.4) is 0 Å². The minimum atomic E-state index is -0.681. The van der Waals surface area contributed by atoms with Crippen LogP contribution in [0.15, 0.2) is 40.8 Å². The van der Waals surface area contributed by atoms with Gasteiger partial charge in [-0.2, -0.15) is 0 Å². The van der Waals surface area contributed by atoms with Crippen LogP contribution in [-0.4, -0.2) is 33.8 Å². The molecular formula is C15H19NO4. The molecule has 0 radical (unpaired) electrons. The molecule has 0 fully saturated rings. The summed E-state index contributed by atoms with van der Waals surface area (Å²) in [6.45, 7) is 0.837. The van der Waals surface area contributed by atoms with Gasteiger partial charge in [0.2, 0.25) is 0 Å². The maximum atomic E-state index is 10.1. The highest BCUT2D eigenvalue weighted by molar-refractivity contribution is 5.28. The third-order valence-electron chi connectivity index (χ3n) is 3.04. The summed E-state index contributed by atoms with van der Waals surface area (Å²) in [5.74, 6) is 1.41. The summed E-state index contributed by atoms with van der Waals surface area (Å²) in [5, 5.41) is 28.5. The average Bonchev–Trinajstić information content (AvgIpc) is 2.86. The molecule has 0 aliphatic rings. The van der Waals surface area contributed by atoms with Crippen molar-refractivity contribution in [1.82, 2.24) is 4.90 Å². The lowest BCUT2D eigenvalue weighted by Gasteiger charge is -2.19. The maximum Gasteiger partial charge on any atom is 0.129 e. The van der Waals surface area contributed by atoms with Gasteiger partial charge in [0.1, 0.15) is 23.9 Å². The Balaban J connectivity index is 1.92. The molecule has 0 saturated heterocycles. The lowest BCUT2D eigenvalue weighted by Crippen LogP contribution is -2.24. The van der Waals surface area contributed by atoms with Crippen molar-refractivity contribution in [3.8, 4) is 5.75 Å². The smallest absolute Gasteiger partial charge is 0.129 e. The van der Waals surface area contributed by atoms with Gasteiger partial charge in [-0.25, -0.2) is 0 Å². The summed E-state index contributed by atoms with van der Waals surface area (Å²) in [6, 6.07) is 10.1. The minimum Gasteiger partial charge on any atom is -0.508 e. The first kappa shape index (κ1) is 14.6. The molecule has 0 amide bonds. The van der Waals surface area contributed by atoms with Crippen molar-refractivity contribution in [2.24, 2.45) is 0 Å². The summed E-state index contributed by atoms with van der Waals surface area (Å²) >= 11 is 0. The lowest BCUT2D eigenvalue weighted by atomic mass is 10.1. The molecule has 3 N–H and O–H groups in total. The highest BCUT2D eigenvalue weighted by Crippen LogP contribution is 2.19.